The van der Waals surface area contributed by atoms with Crippen LogP contribution in [0.3, 0.4) is 0 Å². The summed E-state index contributed by atoms with van der Waals surface area (Å²) < 4.78 is 20.1. The fourth-order valence-electron chi connectivity index (χ4n) is 7.83. The van der Waals surface area contributed by atoms with Gasteiger partial charge in [0.2, 0.25) is 5.75 Å². The Morgan fingerprint density at radius 1 is 0.773 bits per heavy atom. The number of nitrogens with zero attached hydrogens (tertiary/aromatic N) is 2. The van der Waals surface area contributed by atoms with Crippen molar-refractivity contribution < 1.29 is 14.2 Å². The molecule has 3 aliphatic heterocycles. The Morgan fingerprint density at radius 2 is 1.41 bits per heavy atom. The first-order valence-corrected chi connectivity index (χ1v) is 15.3. The highest BCUT2D eigenvalue weighted by Crippen LogP contribution is 2.63. The quantitative estimate of drug-likeness (QED) is 0.203. The maximum Gasteiger partial charge on any atom is 0.212 e. The lowest BCUT2D eigenvalue weighted by Gasteiger charge is -2.60. The van der Waals surface area contributed by atoms with E-state index in [4.69, 9.17) is 26.4 Å². The van der Waals surface area contributed by atoms with E-state index < -0.39 is 5.72 Å². The first kappa shape index (κ1) is 26.6. The molecule has 0 radical (unpaired) electrons. The van der Waals surface area contributed by atoms with Gasteiger partial charge < -0.3 is 24.8 Å². The number of ether oxygens (including phenoxy) is 3. The summed E-state index contributed by atoms with van der Waals surface area (Å²) in [4.78, 5) is 0. The van der Waals surface area contributed by atoms with E-state index in [1.54, 1.807) is 12.1 Å². The van der Waals surface area contributed by atoms with Gasteiger partial charge >= 0.3 is 0 Å². The fourth-order valence-corrected chi connectivity index (χ4v) is 8.11. The maximum absolute atomic E-state index is 9.67. The molecule has 1 aliphatic carbocycles. The minimum Gasteiger partial charge on any atom is -0.463 e. The molecule has 4 aromatic carbocycles. The molecule has 2 N–H and O–H groups in total. The Morgan fingerprint density at radius 3 is 2.09 bits per heavy atom. The van der Waals surface area contributed by atoms with Crippen molar-refractivity contribution in [1.82, 2.24) is 10.6 Å². The molecule has 1 saturated carbocycles. The highest BCUT2D eigenvalue weighted by atomic mass is 32.1. The van der Waals surface area contributed by atoms with E-state index in [0.29, 0.717) is 39.8 Å². The molecule has 0 unspecified atom stereocenters. The minimum atomic E-state index is -0.829. The van der Waals surface area contributed by atoms with Gasteiger partial charge in [0.1, 0.15) is 12.1 Å². The highest BCUT2D eigenvalue weighted by molar-refractivity contribution is 7.80. The van der Waals surface area contributed by atoms with E-state index in [0.717, 1.165) is 18.4 Å². The Kier molecular flexibility index (Phi) is 6.04. The second kappa shape index (κ2) is 10.0. The predicted molar refractivity (Wildman–Crippen MR) is 168 cm³/mol. The zero-order valence-electron chi connectivity index (χ0n) is 23.9. The first-order chi connectivity index (χ1) is 21.5. The number of rotatable bonds is 2. The second-order valence-corrected chi connectivity index (χ2v) is 12.6. The number of hydrogen-bond donors (Lipinski definition) is 2. The molecule has 216 valence electrons. The normalized spacial score (nSPS) is 27.3. The number of hydrogen-bond acceptors (Lipinski definition) is 6. The Bertz CT molecular complexity index is 1900. The molecular weight excluding hydrogens is 568 g/mol. The monoisotopic (exact) mass is 596 g/mol. The molecule has 3 heterocycles. The molecule has 6 atom stereocenters. The third kappa shape index (κ3) is 3.95. The van der Waals surface area contributed by atoms with Gasteiger partial charge in [-0.15, -0.1) is 0 Å². The zero-order valence-corrected chi connectivity index (χ0v) is 24.7. The summed E-state index contributed by atoms with van der Waals surface area (Å²) in [7, 11) is 0. The van der Waals surface area contributed by atoms with Gasteiger partial charge in [-0.3, -0.25) is 0 Å². The van der Waals surface area contributed by atoms with E-state index in [-0.39, 0.29) is 34.9 Å². The molecule has 2 fully saturated rings. The number of nitrogens with one attached hydrogen (secondary N) is 2. The lowest BCUT2D eigenvalue weighted by Crippen LogP contribution is -2.74. The van der Waals surface area contributed by atoms with Crippen LogP contribution in [-0.4, -0.2) is 10.8 Å². The van der Waals surface area contributed by atoms with E-state index in [1.165, 1.54) is 11.1 Å². The molecule has 44 heavy (non-hydrogen) atoms. The van der Waals surface area contributed by atoms with Crippen LogP contribution < -0.4 is 24.8 Å². The number of thiocarbonyl (C=S) groups is 1. The summed E-state index contributed by atoms with van der Waals surface area (Å²) in [6, 6.07) is 32.2. The van der Waals surface area contributed by atoms with Gasteiger partial charge in [0.25, 0.3) is 0 Å². The summed E-state index contributed by atoms with van der Waals surface area (Å²) in [5, 5.41) is 27.1. The molecule has 0 aromatic heterocycles. The van der Waals surface area contributed by atoms with Crippen LogP contribution in [0.1, 0.15) is 59.5 Å². The zero-order chi connectivity index (χ0) is 30.0. The van der Waals surface area contributed by atoms with Gasteiger partial charge in [-0.1, -0.05) is 73.7 Å². The predicted octanol–water partition coefficient (Wildman–Crippen LogP) is 7.43. The molecule has 0 amide bonds. The standard InChI is InChI=1S/C36H28N4O3S/c1-20-14-26-31(21-8-4-2-5-9-21)25-12-13-28-34(42-30-17-24(19-38)23(18-37)16-29(30)41-28)33(25)43-36(26)27(15-20)32(39-35(44)40-36)22-10-6-3-7-11-22/h2-13,16-17,20,26-27,31-32H,14-15H2,1H3,(H2,39,40,44)/t20-,26+,27+,31-,32+,36-/m1/s1. The average Bonchev–Trinajstić information content (AvgIpc) is 3.05. The van der Waals surface area contributed by atoms with Crippen molar-refractivity contribution in [1.29, 1.82) is 10.5 Å². The van der Waals surface area contributed by atoms with Crippen molar-refractivity contribution in [3.8, 4) is 40.9 Å². The summed E-state index contributed by atoms with van der Waals surface area (Å²) in [5.41, 5.74) is 3.00. The molecular formula is C36H28N4O3S. The maximum atomic E-state index is 9.67. The molecule has 0 bridgehead atoms. The third-order valence-electron chi connectivity index (χ3n) is 9.60. The van der Waals surface area contributed by atoms with Crippen LogP contribution in [0, 0.1) is 40.4 Å². The SMILES string of the molecule is C[C@@H]1C[C@H]2[C@H](c3ccccc3)c3ccc4c(c3O[C@]23NC(=S)N[C@@H](c2ccccc2)[C@@H]3C1)Oc1cc(C#N)c(C#N)cc1O4. The molecule has 1 spiro atoms. The lowest BCUT2D eigenvalue weighted by molar-refractivity contribution is -0.133. The van der Waals surface area contributed by atoms with Gasteiger partial charge in [-0.25, -0.2) is 0 Å². The molecule has 4 aromatic rings. The molecule has 1 saturated heterocycles. The van der Waals surface area contributed by atoms with Crippen LogP contribution in [0.5, 0.6) is 28.7 Å². The highest BCUT2D eigenvalue weighted by Gasteiger charge is 2.62. The van der Waals surface area contributed by atoms with E-state index in [1.807, 2.05) is 18.2 Å². The minimum absolute atomic E-state index is 0.0130. The first-order valence-electron chi connectivity index (χ1n) is 14.9. The summed E-state index contributed by atoms with van der Waals surface area (Å²) in [5.74, 6) is 2.85. The van der Waals surface area contributed by atoms with E-state index in [9.17, 15) is 10.5 Å². The molecule has 8 heteroatoms. The van der Waals surface area contributed by atoms with Gasteiger partial charge in [0.15, 0.2) is 33.8 Å². The number of benzene rings is 4. The second-order valence-electron chi connectivity index (χ2n) is 12.1. The number of fused-ring (bicyclic) bond motifs is 4. The Labute approximate surface area is 261 Å². The lowest BCUT2D eigenvalue weighted by atomic mass is 9.58. The molecule has 4 aliphatic rings. The fraction of sp³-hybridized carbons (Fsp3) is 0.250. The Hall–Kier alpha value is -5.05. The van der Waals surface area contributed by atoms with E-state index >= 15 is 0 Å². The number of nitriles is 2. The van der Waals surface area contributed by atoms with Crippen molar-refractivity contribution >= 4 is 17.3 Å². The van der Waals surface area contributed by atoms with Crippen LogP contribution in [0.4, 0.5) is 0 Å². The van der Waals surface area contributed by atoms with Gasteiger partial charge in [-0.05, 0) is 48.2 Å². The largest absolute Gasteiger partial charge is 0.463 e. The topological polar surface area (TPSA) is 99.3 Å². The van der Waals surface area contributed by atoms with Crippen molar-refractivity contribution in [3.05, 3.63) is 113 Å². The van der Waals surface area contributed by atoms with Gasteiger partial charge in [-0.2, -0.15) is 10.5 Å². The molecule has 8 rings (SSSR count). The van der Waals surface area contributed by atoms with E-state index in [2.05, 4.69) is 84.3 Å². The summed E-state index contributed by atoms with van der Waals surface area (Å²) in [6.07, 6.45) is 1.89. The summed E-state index contributed by atoms with van der Waals surface area (Å²) in [6.45, 7) is 2.33. The van der Waals surface area contributed by atoms with Crippen LogP contribution in [0.2, 0.25) is 0 Å². The van der Waals surface area contributed by atoms with Gasteiger partial charge in [0.05, 0.1) is 17.2 Å². The summed E-state index contributed by atoms with van der Waals surface area (Å²) >= 11 is 5.91. The average molecular weight is 597 g/mol. The Balaban J connectivity index is 1.33. The van der Waals surface area contributed by atoms with Crippen molar-refractivity contribution in [2.45, 2.75) is 37.5 Å². The van der Waals surface area contributed by atoms with Crippen molar-refractivity contribution in [2.75, 3.05) is 0 Å². The van der Waals surface area contributed by atoms with Crippen molar-refractivity contribution in [3.63, 3.8) is 0 Å². The van der Waals surface area contributed by atoms with Crippen LogP contribution in [-0.2, 0) is 0 Å². The van der Waals surface area contributed by atoms with Gasteiger partial charge in [0, 0.05) is 35.4 Å². The van der Waals surface area contributed by atoms with Crippen LogP contribution in [0.15, 0.2) is 84.9 Å². The van der Waals surface area contributed by atoms with Crippen molar-refractivity contribution in [2.24, 2.45) is 17.8 Å². The van der Waals surface area contributed by atoms with Crippen LogP contribution >= 0.6 is 12.2 Å². The smallest absolute Gasteiger partial charge is 0.212 e. The third-order valence-corrected chi connectivity index (χ3v) is 9.82. The molecule has 7 nitrogen and oxygen atoms in total. The van der Waals surface area contributed by atoms with Crippen LogP contribution in [0.25, 0.3) is 0 Å².